The van der Waals surface area contributed by atoms with Crippen molar-refractivity contribution < 1.29 is 32.3 Å². The van der Waals surface area contributed by atoms with Crippen LogP contribution in [0.5, 0.6) is 0 Å². The number of carbonyl (C=O) groups excluding carboxylic acids is 2. The highest BCUT2D eigenvalue weighted by atomic mass is 19.4. The van der Waals surface area contributed by atoms with Gasteiger partial charge in [-0.1, -0.05) is 6.07 Å². The summed E-state index contributed by atoms with van der Waals surface area (Å²) >= 11 is 0. The van der Waals surface area contributed by atoms with Crippen LogP contribution in [0.3, 0.4) is 0 Å². The number of nitrogens with zero attached hydrogens (tertiary/aromatic N) is 2. The minimum Gasteiger partial charge on any atom is -0.380 e. The molecule has 0 saturated carbocycles. The molecular formula is C16H18F3N3O4. The van der Waals surface area contributed by atoms with E-state index in [1.807, 2.05) is 0 Å². The Kier molecular flexibility index (Phi) is 5.88. The standard InChI is InChI=1S/C16H18F3N3O4/c1-21(26-3)15(24)13-14(23)10(9-25-2)8-20-22(13)12-6-4-5-11(7-12)16(17,18)19/h4-8,13,20H,9H2,1-3H3. The van der Waals surface area contributed by atoms with E-state index >= 15 is 0 Å². The van der Waals surface area contributed by atoms with Crippen LogP contribution >= 0.6 is 0 Å². The van der Waals surface area contributed by atoms with Gasteiger partial charge in [0.1, 0.15) is 0 Å². The van der Waals surface area contributed by atoms with Gasteiger partial charge >= 0.3 is 6.18 Å². The predicted octanol–water partition coefficient (Wildman–Crippen LogP) is 1.52. The quantitative estimate of drug-likeness (QED) is 0.623. The molecule has 1 heterocycles. The van der Waals surface area contributed by atoms with Crippen LogP contribution in [0.4, 0.5) is 18.9 Å². The normalized spacial score (nSPS) is 17.6. The average Bonchev–Trinajstić information content (AvgIpc) is 2.61. The van der Waals surface area contributed by atoms with Crippen molar-refractivity contribution in [1.29, 1.82) is 0 Å². The lowest BCUT2D eigenvalue weighted by Crippen LogP contribution is -2.59. The summed E-state index contributed by atoms with van der Waals surface area (Å²) in [6.45, 7) is -0.0528. The van der Waals surface area contributed by atoms with Crippen molar-refractivity contribution in [3.63, 3.8) is 0 Å². The van der Waals surface area contributed by atoms with Crippen LogP contribution in [-0.2, 0) is 25.3 Å². The molecule has 0 aliphatic carbocycles. The highest BCUT2D eigenvalue weighted by molar-refractivity contribution is 6.16. The Morgan fingerprint density at radius 2 is 2.04 bits per heavy atom. The molecule has 1 unspecified atom stereocenters. The molecule has 0 saturated heterocycles. The van der Waals surface area contributed by atoms with Gasteiger partial charge in [-0.2, -0.15) is 13.2 Å². The van der Waals surface area contributed by atoms with Gasteiger partial charge in [-0.15, -0.1) is 0 Å². The summed E-state index contributed by atoms with van der Waals surface area (Å²) in [6, 6.07) is 2.86. The zero-order chi connectivity index (χ0) is 19.5. The third-order valence-corrected chi connectivity index (χ3v) is 3.77. The van der Waals surface area contributed by atoms with E-state index in [1.54, 1.807) is 0 Å². The summed E-state index contributed by atoms with van der Waals surface area (Å²) in [5.74, 6) is -1.35. The number of methoxy groups -OCH3 is 1. The van der Waals surface area contributed by atoms with Crippen molar-refractivity contribution in [3.05, 3.63) is 41.6 Å². The fourth-order valence-corrected chi connectivity index (χ4v) is 2.39. The summed E-state index contributed by atoms with van der Waals surface area (Å²) in [4.78, 5) is 30.1. The Balaban J connectivity index is 2.47. The van der Waals surface area contributed by atoms with Gasteiger partial charge in [0.2, 0.25) is 0 Å². The number of hydrogen-bond acceptors (Lipinski definition) is 6. The highest BCUT2D eigenvalue weighted by Crippen LogP contribution is 2.32. The van der Waals surface area contributed by atoms with Crippen LogP contribution in [0, 0.1) is 0 Å². The summed E-state index contributed by atoms with van der Waals surface area (Å²) in [6.07, 6.45) is -3.27. The Morgan fingerprint density at radius 3 is 2.62 bits per heavy atom. The minimum absolute atomic E-state index is 0.00347. The number of rotatable bonds is 5. The fraction of sp³-hybridized carbons (Fsp3) is 0.375. The molecule has 1 N–H and O–H groups in total. The van der Waals surface area contributed by atoms with Crippen LogP contribution in [0.2, 0.25) is 0 Å². The molecule has 0 radical (unpaired) electrons. The number of hydrazine groups is 1. The fourth-order valence-electron chi connectivity index (χ4n) is 2.39. The van der Waals surface area contributed by atoms with Gasteiger partial charge in [-0.25, -0.2) is 5.06 Å². The van der Waals surface area contributed by atoms with E-state index in [2.05, 4.69) is 5.43 Å². The smallest absolute Gasteiger partial charge is 0.380 e. The van der Waals surface area contributed by atoms with Gasteiger partial charge in [0.05, 0.1) is 25.0 Å². The number of halogens is 3. The Bertz CT molecular complexity index is 721. The van der Waals surface area contributed by atoms with E-state index in [1.165, 1.54) is 39.6 Å². The number of anilines is 1. The number of hydroxylamine groups is 2. The molecule has 0 fully saturated rings. The Labute approximate surface area is 147 Å². The average molecular weight is 373 g/mol. The van der Waals surface area contributed by atoms with Gasteiger partial charge in [0.25, 0.3) is 5.91 Å². The number of likely N-dealkylation sites (N-methyl/N-ethyl adjacent to an activating group) is 1. The lowest BCUT2D eigenvalue weighted by atomic mass is 10.0. The molecule has 7 nitrogen and oxygen atoms in total. The maximum Gasteiger partial charge on any atom is 0.416 e. The molecule has 1 aliphatic heterocycles. The third-order valence-electron chi connectivity index (χ3n) is 3.77. The SMILES string of the molecule is COCC1=CNN(c2cccc(C(F)(F)F)c2)C(C(=O)N(C)OC)C1=O. The molecule has 1 aromatic carbocycles. The van der Waals surface area contributed by atoms with Crippen LogP contribution < -0.4 is 10.4 Å². The zero-order valence-electron chi connectivity index (χ0n) is 14.3. The summed E-state index contributed by atoms with van der Waals surface area (Å²) in [5.41, 5.74) is 1.97. The van der Waals surface area contributed by atoms with Crippen LogP contribution in [0.25, 0.3) is 0 Å². The molecule has 26 heavy (non-hydrogen) atoms. The molecule has 2 rings (SSSR count). The first-order valence-corrected chi connectivity index (χ1v) is 7.47. The molecular weight excluding hydrogens is 355 g/mol. The topological polar surface area (TPSA) is 71.1 Å². The van der Waals surface area contributed by atoms with Crippen molar-refractivity contribution in [3.8, 4) is 0 Å². The zero-order valence-corrected chi connectivity index (χ0v) is 14.3. The number of nitrogens with one attached hydrogen (secondary N) is 1. The molecule has 1 aliphatic rings. The largest absolute Gasteiger partial charge is 0.416 e. The van der Waals surface area contributed by atoms with Gasteiger partial charge in [-0.3, -0.25) is 19.4 Å². The molecule has 0 spiro atoms. The molecule has 0 aromatic heterocycles. The number of alkyl halides is 3. The van der Waals surface area contributed by atoms with E-state index in [9.17, 15) is 22.8 Å². The number of amides is 1. The Morgan fingerprint density at radius 1 is 1.35 bits per heavy atom. The summed E-state index contributed by atoms with van der Waals surface area (Å²) < 4.78 is 43.9. The second-order valence-electron chi connectivity index (χ2n) is 5.43. The molecule has 1 amide bonds. The summed E-state index contributed by atoms with van der Waals surface area (Å²) in [7, 11) is 3.92. The number of benzene rings is 1. The second-order valence-corrected chi connectivity index (χ2v) is 5.43. The number of hydrogen-bond donors (Lipinski definition) is 1. The molecule has 1 aromatic rings. The number of ketones is 1. The maximum atomic E-state index is 13.0. The Hall–Kier alpha value is -2.59. The lowest BCUT2D eigenvalue weighted by molar-refractivity contribution is -0.171. The van der Waals surface area contributed by atoms with Gasteiger partial charge in [0, 0.05) is 25.9 Å². The van der Waals surface area contributed by atoms with Crippen molar-refractivity contribution in [1.82, 2.24) is 10.5 Å². The van der Waals surface area contributed by atoms with E-state index in [0.717, 1.165) is 22.2 Å². The van der Waals surface area contributed by atoms with E-state index in [4.69, 9.17) is 9.57 Å². The molecule has 1 atom stereocenters. The highest BCUT2D eigenvalue weighted by Gasteiger charge is 2.40. The van der Waals surface area contributed by atoms with Gasteiger partial charge in [0.15, 0.2) is 11.8 Å². The van der Waals surface area contributed by atoms with Crippen molar-refractivity contribution in [2.45, 2.75) is 12.2 Å². The summed E-state index contributed by atoms with van der Waals surface area (Å²) in [5, 5.41) is 1.90. The van der Waals surface area contributed by atoms with E-state index in [0.29, 0.717) is 0 Å². The van der Waals surface area contributed by atoms with E-state index in [-0.39, 0.29) is 17.9 Å². The lowest BCUT2D eigenvalue weighted by Gasteiger charge is -2.36. The monoisotopic (exact) mass is 373 g/mol. The van der Waals surface area contributed by atoms with Crippen LogP contribution in [0.1, 0.15) is 5.56 Å². The van der Waals surface area contributed by atoms with Gasteiger partial charge < -0.3 is 10.2 Å². The molecule has 0 bridgehead atoms. The molecule has 142 valence electrons. The third kappa shape index (κ3) is 3.97. The minimum atomic E-state index is -4.56. The van der Waals surface area contributed by atoms with Crippen LogP contribution in [-0.4, -0.2) is 50.7 Å². The number of carbonyl (C=O) groups is 2. The number of Topliss-reactive ketones (excluding diaryl/α,β-unsaturated/α-hetero) is 1. The first-order chi connectivity index (χ1) is 12.2. The first-order valence-electron chi connectivity index (χ1n) is 7.47. The molecule has 10 heteroatoms. The van der Waals surface area contributed by atoms with Crippen molar-refractivity contribution >= 4 is 17.4 Å². The number of ether oxygens (including phenoxy) is 1. The van der Waals surface area contributed by atoms with Crippen molar-refractivity contribution in [2.75, 3.05) is 32.9 Å². The predicted molar refractivity (Wildman–Crippen MR) is 85.6 cm³/mol. The van der Waals surface area contributed by atoms with Crippen molar-refractivity contribution in [2.24, 2.45) is 0 Å². The first kappa shape index (κ1) is 19.7. The van der Waals surface area contributed by atoms with E-state index < -0.39 is 29.5 Å². The van der Waals surface area contributed by atoms with Crippen LogP contribution in [0.15, 0.2) is 36.0 Å². The maximum absolute atomic E-state index is 13.0. The second kappa shape index (κ2) is 7.75. The van der Waals surface area contributed by atoms with Gasteiger partial charge in [-0.05, 0) is 18.2 Å².